The number of amides is 1. The normalized spacial score (nSPS) is 19.7. The molecule has 0 radical (unpaired) electrons. The largest absolute Gasteiger partial charge is 0.326 e. The van der Waals surface area contributed by atoms with E-state index < -0.39 is 5.72 Å². The molecule has 0 fully saturated rings. The lowest BCUT2D eigenvalue weighted by atomic mass is 9.87. The molecule has 1 unspecified atom stereocenters. The molecule has 1 aliphatic heterocycles. The van der Waals surface area contributed by atoms with Crippen molar-refractivity contribution in [3.63, 3.8) is 0 Å². The van der Waals surface area contributed by atoms with Crippen LogP contribution in [0.4, 0.5) is 5.69 Å². The summed E-state index contributed by atoms with van der Waals surface area (Å²) in [6.07, 6.45) is 3.54. The van der Waals surface area contributed by atoms with Crippen molar-refractivity contribution in [1.82, 2.24) is 10.0 Å². The van der Waals surface area contributed by atoms with Crippen LogP contribution in [0.25, 0.3) is 0 Å². The van der Waals surface area contributed by atoms with Crippen molar-refractivity contribution in [2.45, 2.75) is 45.3 Å². The van der Waals surface area contributed by atoms with Gasteiger partial charge in [-0.25, -0.2) is 14.9 Å². The summed E-state index contributed by atoms with van der Waals surface area (Å²) in [7, 11) is 1.78. The molecule has 0 spiro atoms. The first kappa shape index (κ1) is 19.0. The number of carbonyl (C=O) groups is 1. The number of benzene rings is 1. The lowest BCUT2D eigenvalue weighted by molar-refractivity contribution is -0.164. The molecule has 3 rings (SSSR count). The van der Waals surface area contributed by atoms with Crippen molar-refractivity contribution in [1.29, 1.82) is 0 Å². The molecule has 0 saturated heterocycles. The molecule has 6 nitrogen and oxygen atoms in total. The van der Waals surface area contributed by atoms with Crippen LogP contribution >= 0.6 is 0 Å². The van der Waals surface area contributed by atoms with Crippen molar-refractivity contribution in [2.75, 3.05) is 12.4 Å². The number of aliphatic imine (C=N–C) groups is 1. The number of nitrogens with zero attached hydrogens (tertiary/aromatic N) is 3. The highest BCUT2D eigenvalue weighted by molar-refractivity contribution is 5.99. The van der Waals surface area contributed by atoms with Crippen LogP contribution in [0, 0.1) is 0 Å². The lowest BCUT2D eigenvalue weighted by Crippen LogP contribution is -2.32. The fraction of sp³-hybridized carbons (Fsp3) is 0.381. The Hall–Kier alpha value is -2.73. The Labute approximate surface area is 160 Å². The van der Waals surface area contributed by atoms with Crippen LogP contribution in [-0.2, 0) is 15.0 Å². The molecule has 1 amide bonds. The minimum absolute atomic E-state index is 0.0791. The van der Waals surface area contributed by atoms with Crippen LogP contribution in [0.2, 0.25) is 0 Å². The number of hydroxylamine groups is 2. The zero-order valence-electron chi connectivity index (χ0n) is 16.5. The van der Waals surface area contributed by atoms with Crippen LogP contribution in [0.1, 0.15) is 45.2 Å². The molecule has 27 heavy (non-hydrogen) atoms. The summed E-state index contributed by atoms with van der Waals surface area (Å²) in [5, 5.41) is 4.51. The predicted molar refractivity (Wildman–Crippen MR) is 106 cm³/mol. The van der Waals surface area contributed by atoms with Crippen molar-refractivity contribution in [3.05, 3.63) is 59.9 Å². The van der Waals surface area contributed by atoms with E-state index >= 15 is 0 Å². The van der Waals surface area contributed by atoms with Gasteiger partial charge in [0.15, 0.2) is 11.6 Å². The Bertz CT molecular complexity index is 841. The van der Waals surface area contributed by atoms with Gasteiger partial charge in [0.1, 0.15) is 0 Å². The van der Waals surface area contributed by atoms with E-state index in [4.69, 9.17) is 4.84 Å². The van der Waals surface area contributed by atoms with Gasteiger partial charge in [-0.3, -0.25) is 9.78 Å². The molecule has 1 aromatic carbocycles. The van der Waals surface area contributed by atoms with Gasteiger partial charge in [0.05, 0.1) is 6.42 Å². The topological polar surface area (TPSA) is 66.8 Å². The number of rotatable bonds is 4. The number of carbonyl (C=O) groups excluding carboxylic acids is 1. The third kappa shape index (κ3) is 4.52. The Morgan fingerprint density at radius 2 is 1.93 bits per heavy atom. The summed E-state index contributed by atoms with van der Waals surface area (Å²) >= 11 is 0. The van der Waals surface area contributed by atoms with E-state index in [1.54, 1.807) is 31.4 Å². The van der Waals surface area contributed by atoms with Crippen LogP contribution in [0.3, 0.4) is 0 Å². The fourth-order valence-corrected chi connectivity index (χ4v) is 3.02. The quantitative estimate of drug-likeness (QED) is 0.895. The van der Waals surface area contributed by atoms with E-state index in [9.17, 15) is 4.79 Å². The monoisotopic (exact) mass is 366 g/mol. The molecule has 142 valence electrons. The molecule has 0 aliphatic carbocycles. The molecule has 1 atom stereocenters. The average Bonchev–Trinajstić information content (AvgIpc) is 2.89. The lowest BCUT2D eigenvalue weighted by Gasteiger charge is -2.22. The van der Waals surface area contributed by atoms with Crippen molar-refractivity contribution in [3.8, 4) is 0 Å². The minimum atomic E-state index is -0.949. The Kier molecular flexibility index (Phi) is 5.02. The average molecular weight is 366 g/mol. The standard InChI is InChI=1S/C21H26N4O2/c1-20(2,3)16-8-10-17(11-9-16)23-18(26)13-21(4)24-19(25(5)27-21)15-7-6-12-22-14-15/h6-12,14H,13H2,1-5H3,(H,23,26). The zero-order valence-corrected chi connectivity index (χ0v) is 16.5. The summed E-state index contributed by atoms with van der Waals surface area (Å²) < 4.78 is 0. The third-order valence-corrected chi connectivity index (χ3v) is 4.42. The zero-order chi connectivity index (χ0) is 19.7. The summed E-state index contributed by atoms with van der Waals surface area (Å²) in [4.78, 5) is 27.1. The molecule has 6 heteroatoms. The summed E-state index contributed by atoms with van der Waals surface area (Å²) in [6, 6.07) is 11.7. The SMILES string of the molecule is CN1OC(C)(CC(=O)Nc2ccc(C(C)(C)C)cc2)N=C1c1cccnc1. The molecule has 2 heterocycles. The number of hydrogen-bond acceptors (Lipinski definition) is 5. The number of nitrogens with one attached hydrogen (secondary N) is 1. The molecule has 1 aromatic heterocycles. The fourth-order valence-electron chi connectivity index (χ4n) is 3.02. The van der Waals surface area contributed by atoms with E-state index in [2.05, 4.69) is 36.1 Å². The second-order valence-corrected chi connectivity index (χ2v) is 7.99. The highest BCUT2D eigenvalue weighted by atomic mass is 16.7. The van der Waals surface area contributed by atoms with Gasteiger partial charge < -0.3 is 5.32 Å². The molecule has 0 bridgehead atoms. The number of anilines is 1. The first-order valence-corrected chi connectivity index (χ1v) is 9.00. The second kappa shape index (κ2) is 7.12. The summed E-state index contributed by atoms with van der Waals surface area (Å²) in [5.74, 6) is 0.513. The maximum Gasteiger partial charge on any atom is 0.229 e. The van der Waals surface area contributed by atoms with Gasteiger partial charge in [-0.05, 0) is 42.2 Å². The Morgan fingerprint density at radius 1 is 1.22 bits per heavy atom. The van der Waals surface area contributed by atoms with Crippen LogP contribution in [0.15, 0.2) is 53.8 Å². The minimum Gasteiger partial charge on any atom is -0.326 e. The number of amidine groups is 1. The van der Waals surface area contributed by atoms with E-state index in [0.29, 0.717) is 5.84 Å². The van der Waals surface area contributed by atoms with Crippen LogP contribution in [-0.4, -0.2) is 34.6 Å². The molecule has 1 N–H and O–H groups in total. The van der Waals surface area contributed by atoms with Gasteiger partial charge in [0.2, 0.25) is 5.91 Å². The third-order valence-electron chi connectivity index (χ3n) is 4.42. The smallest absolute Gasteiger partial charge is 0.229 e. The summed E-state index contributed by atoms with van der Waals surface area (Å²) in [6.45, 7) is 8.28. The number of aromatic nitrogens is 1. The van der Waals surface area contributed by atoms with E-state index in [1.165, 1.54) is 5.56 Å². The highest BCUT2D eigenvalue weighted by Gasteiger charge is 2.37. The van der Waals surface area contributed by atoms with Crippen molar-refractivity contribution < 1.29 is 9.63 Å². The van der Waals surface area contributed by atoms with Gasteiger partial charge in [0.25, 0.3) is 0 Å². The molecule has 2 aromatic rings. The van der Waals surface area contributed by atoms with Gasteiger partial charge >= 0.3 is 0 Å². The number of pyridine rings is 1. The first-order chi connectivity index (χ1) is 12.7. The highest BCUT2D eigenvalue weighted by Crippen LogP contribution is 2.28. The van der Waals surface area contributed by atoms with Gasteiger partial charge in [0, 0.05) is 30.7 Å². The van der Waals surface area contributed by atoms with Gasteiger partial charge in [-0.1, -0.05) is 32.9 Å². The first-order valence-electron chi connectivity index (χ1n) is 9.00. The van der Waals surface area contributed by atoms with Crippen LogP contribution in [0.5, 0.6) is 0 Å². The van der Waals surface area contributed by atoms with Gasteiger partial charge in [-0.15, -0.1) is 0 Å². The van der Waals surface area contributed by atoms with E-state index in [-0.39, 0.29) is 17.7 Å². The Morgan fingerprint density at radius 3 is 2.52 bits per heavy atom. The second-order valence-electron chi connectivity index (χ2n) is 7.99. The van der Waals surface area contributed by atoms with E-state index in [1.807, 2.05) is 36.4 Å². The molecular weight excluding hydrogens is 340 g/mol. The molecular formula is C21H26N4O2. The summed E-state index contributed by atoms with van der Waals surface area (Å²) in [5.41, 5.74) is 1.96. The Balaban J connectivity index is 1.68. The maximum atomic E-state index is 12.5. The van der Waals surface area contributed by atoms with Crippen molar-refractivity contribution >= 4 is 17.4 Å². The van der Waals surface area contributed by atoms with Crippen molar-refractivity contribution in [2.24, 2.45) is 4.99 Å². The van der Waals surface area contributed by atoms with Gasteiger partial charge in [-0.2, -0.15) is 0 Å². The predicted octanol–water partition coefficient (Wildman–Crippen LogP) is 3.75. The maximum absolute atomic E-state index is 12.5. The molecule has 0 saturated carbocycles. The van der Waals surface area contributed by atoms with E-state index in [0.717, 1.165) is 11.3 Å². The van der Waals surface area contributed by atoms with Crippen LogP contribution < -0.4 is 5.32 Å². The number of hydrogen-bond donors (Lipinski definition) is 1. The molecule has 1 aliphatic rings.